The van der Waals surface area contributed by atoms with Crippen LogP contribution in [-0.2, 0) is 0 Å². The predicted molar refractivity (Wildman–Crippen MR) is 62.1 cm³/mol. The molecule has 0 bridgehead atoms. The Hall–Kier alpha value is -1.03. The number of Topliss-reactive ketones (excluding diaryl/α,β-unsaturated/α-hetero) is 1. The number of carbonyl (C=O) groups is 1. The first-order chi connectivity index (χ1) is 6.54. The maximum atomic E-state index is 11.1. The van der Waals surface area contributed by atoms with Crippen LogP contribution in [0.3, 0.4) is 0 Å². The van der Waals surface area contributed by atoms with Gasteiger partial charge in [0.2, 0.25) is 0 Å². The first-order valence-corrected chi connectivity index (χ1v) is 5.53. The summed E-state index contributed by atoms with van der Waals surface area (Å²) in [5, 5.41) is 4.27. The number of thiophene rings is 1. The third kappa shape index (κ3) is 2.48. The third-order valence-corrected chi connectivity index (χ3v) is 3.26. The molecule has 0 aliphatic rings. The minimum atomic E-state index is 0.0321. The van der Waals surface area contributed by atoms with E-state index in [-0.39, 0.29) is 5.78 Å². The second kappa shape index (κ2) is 4.46. The number of hydrogen-bond acceptors (Lipinski definition) is 4. The lowest BCUT2D eigenvalue weighted by atomic mass is 10.2. The summed E-state index contributed by atoms with van der Waals surface area (Å²) in [6, 6.07) is 2.24. The van der Waals surface area contributed by atoms with Gasteiger partial charge in [-0.05, 0) is 19.4 Å². The highest BCUT2D eigenvalue weighted by Crippen LogP contribution is 2.30. The van der Waals surface area contributed by atoms with Gasteiger partial charge in [0, 0.05) is 13.0 Å². The molecule has 0 saturated heterocycles. The molecule has 3 N–H and O–H groups in total. The van der Waals surface area contributed by atoms with Gasteiger partial charge >= 0.3 is 0 Å². The summed E-state index contributed by atoms with van der Waals surface area (Å²) >= 11 is 1.43. The maximum Gasteiger partial charge on any atom is 0.171 e. The summed E-state index contributed by atoms with van der Waals surface area (Å²) in [6.45, 7) is 5.75. The van der Waals surface area contributed by atoms with Crippen molar-refractivity contribution in [3.05, 3.63) is 10.9 Å². The number of anilines is 2. The fourth-order valence-electron chi connectivity index (χ4n) is 1.10. The highest BCUT2D eigenvalue weighted by molar-refractivity contribution is 7.18. The molecule has 1 aromatic rings. The molecular formula is C10H16N2OS. The third-order valence-electron chi connectivity index (χ3n) is 2.08. The number of hydrogen-bond donors (Lipinski definition) is 2. The average Bonchev–Trinajstić information content (AvgIpc) is 2.46. The highest BCUT2D eigenvalue weighted by Gasteiger charge is 2.11. The predicted octanol–water partition coefficient (Wildman–Crippen LogP) is 2.74. The van der Waals surface area contributed by atoms with E-state index in [9.17, 15) is 4.79 Å². The molecule has 4 heteroatoms. The summed E-state index contributed by atoms with van der Waals surface area (Å²) in [5.74, 6) is 0.0321. The molecule has 0 spiro atoms. The Bertz CT molecular complexity index is 333. The summed E-state index contributed by atoms with van der Waals surface area (Å²) in [4.78, 5) is 11.8. The van der Waals surface area contributed by atoms with Crippen molar-refractivity contribution in [2.45, 2.75) is 33.2 Å². The summed E-state index contributed by atoms with van der Waals surface area (Å²) < 4.78 is 0. The lowest BCUT2D eigenvalue weighted by Crippen LogP contribution is -2.11. The zero-order chi connectivity index (χ0) is 10.7. The Morgan fingerprint density at radius 3 is 2.79 bits per heavy atom. The normalized spacial score (nSPS) is 12.5. The fraction of sp³-hybridized carbons (Fsp3) is 0.500. The average molecular weight is 212 g/mol. The van der Waals surface area contributed by atoms with E-state index < -0.39 is 0 Å². The number of ketones is 1. The quantitative estimate of drug-likeness (QED) is 0.754. The molecule has 1 heterocycles. The van der Waals surface area contributed by atoms with Gasteiger partial charge < -0.3 is 11.1 Å². The van der Waals surface area contributed by atoms with Gasteiger partial charge in [0.05, 0.1) is 15.6 Å². The van der Waals surface area contributed by atoms with Crippen molar-refractivity contribution in [2.24, 2.45) is 0 Å². The molecule has 1 unspecified atom stereocenters. The summed E-state index contributed by atoms with van der Waals surface area (Å²) in [5.41, 5.74) is 6.29. The summed E-state index contributed by atoms with van der Waals surface area (Å²) in [6.07, 6.45) is 1.05. The van der Waals surface area contributed by atoms with Crippen LogP contribution in [0.5, 0.6) is 0 Å². The molecule has 0 aliphatic carbocycles. The minimum absolute atomic E-state index is 0.0321. The SMILES string of the molecule is CCC(C)Nc1cc(N)c(C(C)=O)s1. The van der Waals surface area contributed by atoms with E-state index >= 15 is 0 Å². The molecule has 0 saturated carbocycles. The molecule has 1 rings (SSSR count). The Kier molecular flexibility index (Phi) is 3.52. The van der Waals surface area contributed by atoms with Crippen LogP contribution in [0.1, 0.15) is 36.9 Å². The van der Waals surface area contributed by atoms with E-state index in [0.29, 0.717) is 16.6 Å². The number of nitrogens with two attached hydrogens (primary N) is 1. The van der Waals surface area contributed by atoms with E-state index in [1.807, 2.05) is 6.07 Å². The van der Waals surface area contributed by atoms with E-state index in [4.69, 9.17) is 5.73 Å². The lowest BCUT2D eigenvalue weighted by molar-refractivity contribution is 0.102. The number of rotatable bonds is 4. The molecule has 1 atom stereocenters. The van der Waals surface area contributed by atoms with E-state index in [1.165, 1.54) is 18.3 Å². The van der Waals surface area contributed by atoms with Gasteiger partial charge in [-0.25, -0.2) is 0 Å². The lowest BCUT2D eigenvalue weighted by Gasteiger charge is -2.09. The van der Waals surface area contributed by atoms with Crippen molar-refractivity contribution in [2.75, 3.05) is 11.1 Å². The Morgan fingerprint density at radius 1 is 1.71 bits per heavy atom. The molecule has 78 valence electrons. The second-order valence-corrected chi connectivity index (χ2v) is 4.46. The van der Waals surface area contributed by atoms with Crippen LogP contribution in [0.2, 0.25) is 0 Å². The van der Waals surface area contributed by atoms with Crippen molar-refractivity contribution >= 4 is 27.8 Å². The van der Waals surface area contributed by atoms with Crippen LogP contribution in [0.4, 0.5) is 10.7 Å². The van der Waals surface area contributed by atoms with Crippen LogP contribution in [0, 0.1) is 0 Å². The first kappa shape index (κ1) is 11.0. The molecule has 0 radical (unpaired) electrons. The number of nitrogen functional groups attached to an aromatic ring is 1. The fourth-order valence-corrected chi connectivity index (χ4v) is 2.08. The number of carbonyl (C=O) groups excluding carboxylic acids is 1. The van der Waals surface area contributed by atoms with Gasteiger partial charge in [-0.3, -0.25) is 4.79 Å². The van der Waals surface area contributed by atoms with E-state index in [0.717, 1.165) is 11.4 Å². The Morgan fingerprint density at radius 2 is 2.36 bits per heavy atom. The Labute approximate surface area is 88.3 Å². The van der Waals surface area contributed by atoms with E-state index in [2.05, 4.69) is 19.2 Å². The minimum Gasteiger partial charge on any atom is -0.397 e. The molecule has 0 amide bonds. The monoisotopic (exact) mass is 212 g/mol. The molecule has 0 fully saturated rings. The van der Waals surface area contributed by atoms with Gasteiger partial charge in [-0.15, -0.1) is 11.3 Å². The number of nitrogens with one attached hydrogen (secondary N) is 1. The largest absolute Gasteiger partial charge is 0.397 e. The van der Waals surface area contributed by atoms with Crippen LogP contribution in [0.25, 0.3) is 0 Å². The zero-order valence-electron chi connectivity index (χ0n) is 8.76. The van der Waals surface area contributed by atoms with Crippen LogP contribution in [0.15, 0.2) is 6.07 Å². The molecule has 1 aromatic heterocycles. The summed E-state index contributed by atoms with van der Waals surface area (Å²) in [7, 11) is 0. The molecular weight excluding hydrogens is 196 g/mol. The van der Waals surface area contributed by atoms with Crippen molar-refractivity contribution in [1.82, 2.24) is 0 Å². The molecule has 3 nitrogen and oxygen atoms in total. The van der Waals surface area contributed by atoms with Gasteiger partial charge in [-0.1, -0.05) is 6.92 Å². The molecule has 0 aliphatic heterocycles. The maximum absolute atomic E-state index is 11.1. The topological polar surface area (TPSA) is 55.1 Å². The van der Waals surface area contributed by atoms with Crippen LogP contribution in [-0.4, -0.2) is 11.8 Å². The smallest absolute Gasteiger partial charge is 0.171 e. The highest BCUT2D eigenvalue weighted by atomic mass is 32.1. The molecule has 0 aromatic carbocycles. The van der Waals surface area contributed by atoms with Crippen molar-refractivity contribution in [3.8, 4) is 0 Å². The Balaban J connectivity index is 2.81. The van der Waals surface area contributed by atoms with Crippen LogP contribution < -0.4 is 11.1 Å². The van der Waals surface area contributed by atoms with Gasteiger partial charge in [0.25, 0.3) is 0 Å². The van der Waals surface area contributed by atoms with Crippen molar-refractivity contribution in [1.29, 1.82) is 0 Å². The second-order valence-electron chi connectivity index (χ2n) is 3.40. The van der Waals surface area contributed by atoms with Crippen molar-refractivity contribution in [3.63, 3.8) is 0 Å². The standard InChI is InChI=1S/C10H16N2OS/c1-4-6(2)12-9-5-8(11)10(14-9)7(3)13/h5-6,12H,4,11H2,1-3H3. The van der Waals surface area contributed by atoms with Gasteiger partial charge in [-0.2, -0.15) is 0 Å². The van der Waals surface area contributed by atoms with Gasteiger partial charge in [0.1, 0.15) is 0 Å². The van der Waals surface area contributed by atoms with E-state index in [1.54, 1.807) is 0 Å². The molecule has 14 heavy (non-hydrogen) atoms. The van der Waals surface area contributed by atoms with Crippen LogP contribution >= 0.6 is 11.3 Å². The first-order valence-electron chi connectivity index (χ1n) is 4.71. The zero-order valence-corrected chi connectivity index (χ0v) is 9.57. The van der Waals surface area contributed by atoms with Crippen molar-refractivity contribution < 1.29 is 4.79 Å². The van der Waals surface area contributed by atoms with Gasteiger partial charge in [0.15, 0.2) is 5.78 Å².